The molecule has 0 fully saturated rings. The van der Waals surface area contributed by atoms with Crippen LogP contribution in [-0.4, -0.2) is 12.7 Å². The average Bonchev–Trinajstić information content (AvgIpc) is 2.88. The van der Waals surface area contributed by atoms with Crippen molar-refractivity contribution >= 4 is 0 Å². The van der Waals surface area contributed by atoms with Gasteiger partial charge < -0.3 is 9.47 Å². The third-order valence-corrected chi connectivity index (χ3v) is 3.68. The van der Waals surface area contributed by atoms with E-state index in [0.29, 0.717) is 12.5 Å². The molecule has 0 saturated heterocycles. The lowest BCUT2D eigenvalue weighted by Crippen LogP contribution is -2.22. The van der Waals surface area contributed by atoms with Gasteiger partial charge in [-0.1, -0.05) is 50.2 Å². The zero-order chi connectivity index (χ0) is 13.9. The molecule has 0 amide bonds. The summed E-state index contributed by atoms with van der Waals surface area (Å²) in [6.07, 6.45) is 1.05. The Morgan fingerprint density at radius 2 is 1.85 bits per heavy atom. The van der Waals surface area contributed by atoms with E-state index in [1.54, 1.807) is 0 Å². The molecule has 2 aromatic rings. The third-order valence-electron chi connectivity index (χ3n) is 3.68. The first-order valence-electron chi connectivity index (χ1n) is 7.20. The Balaban J connectivity index is 1.65. The van der Waals surface area contributed by atoms with Gasteiger partial charge in [-0.05, 0) is 29.2 Å². The lowest BCUT2D eigenvalue weighted by molar-refractivity contribution is 0.147. The number of fused-ring (bicyclic) bond motifs is 1. The second-order valence-electron chi connectivity index (χ2n) is 5.56. The first-order valence-corrected chi connectivity index (χ1v) is 7.20. The standard InChI is InChI=1S/C18H20O2/c1-13(2)16-8-4-6-10-18(16)19-12-15-11-14-7-3-5-9-17(14)20-15/h3-10,13,15H,11-12H2,1-2H3. The van der Waals surface area contributed by atoms with Gasteiger partial charge in [0.1, 0.15) is 24.2 Å². The minimum atomic E-state index is 0.118. The molecule has 1 aliphatic rings. The molecule has 1 heterocycles. The number of hydrogen-bond donors (Lipinski definition) is 0. The number of ether oxygens (including phenoxy) is 2. The van der Waals surface area contributed by atoms with Crippen LogP contribution in [0.2, 0.25) is 0 Å². The van der Waals surface area contributed by atoms with Crippen LogP contribution in [0.5, 0.6) is 11.5 Å². The molecule has 0 aliphatic carbocycles. The fraction of sp³-hybridized carbons (Fsp3) is 0.333. The summed E-state index contributed by atoms with van der Waals surface area (Å²) in [4.78, 5) is 0. The summed E-state index contributed by atoms with van der Waals surface area (Å²) in [5, 5.41) is 0. The summed E-state index contributed by atoms with van der Waals surface area (Å²) in [6.45, 7) is 4.96. The minimum absolute atomic E-state index is 0.118. The molecule has 1 aliphatic heterocycles. The van der Waals surface area contributed by atoms with Gasteiger partial charge >= 0.3 is 0 Å². The summed E-state index contributed by atoms with van der Waals surface area (Å²) in [5.74, 6) is 2.44. The molecule has 104 valence electrons. The first-order chi connectivity index (χ1) is 9.74. The monoisotopic (exact) mass is 268 g/mol. The molecular formula is C18H20O2. The molecule has 2 aromatic carbocycles. The van der Waals surface area contributed by atoms with E-state index in [-0.39, 0.29) is 6.10 Å². The van der Waals surface area contributed by atoms with E-state index in [2.05, 4.69) is 38.1 Å². The maximum atomic E-state index is 5.99. The van der Waals surface area contributed by atoms with E-state index in [4.69, 9.17) is 9.47 Å². The van der Waals surface area contributed by atoms with Gasteiger partial charge in [0.25, 0.3) is 0 Å². The van der Waals surface area contributed by atoms with Gasteiger partial charge in [0.15, 0.2) is 0 Å². The summed E-state index contributed by atoms with van der Waals surface area (Å²) < 4.78 is 11.9. The fourth-order valence-corrected chi connectivity index (χ4v) is 2.62. The largest absolute Gasteiger partial charge is 0.489 e. The lowest BCUT2D eigenvalue weighted by Gasteiger charge is -2.16. The smallest absolute Gasteiger partial charge is 0.137 e. The second kappa shape index (κ2) is 5.58. The van der Waals surface area contributed by atoms with E-state index in [1.165, 1.54) is 11.1 Å². The highest BCUT2D eigenvalue weighted by Gasteiger charge is 2.23. The van der Waals surface area contributed by atoms with Crippen molar-refractivity contribution in [1.82, 2.24) is 0 Å². The zero-order valence-electron chi connectivity index (χ0n) is 12.0. The SMILES string of the molecule is CC(C)c1ccccc1OCC1Cc2ccccc2O1. The van der Waals surface area contributed by atoms with Crippen molar-refractivity contribution in [3.8, 4) is 11.5 Å². The Morgan fingerprint density at radius 1 is 1.10 bits per heavy atom. The van der Waals surface area contributed by atoms with Crippen LogP contribution in [0.4, 0.5) is 0 Å². The van der Waals surface area contributed by atoms with Crippen molar-refractivity contribution in [2.24, 2.45) is 0 Å². The van der Waals surface area contributed by atoms with Crippen molar-refractivity contribution in [1.29, 1.82) is 0 Å². The maximum absolute atomic E-state index is 5.99. The highest BCUT2D eigenvalue weighted by Crippen LogP contribution is 2.30. The van der Waals surface area contributed by atoms with Gasteiger partial charge in [-0.2, -0.15) is 0 Å². The third kappa shape index (κ3) is 2.64. The predicted octanol–water partition coefficient (Wildman–Crippen LogP) is 4.19. The summed E-state index contributed by atoms with van der Waals surface area (Å²) >= 11 is 0. The van der Waals surface area contributed by atoms with Crippen molar-refractivity contribution in [2.75, 3.05) is 6.61 Å². The Bertz CT molecular complexity index is 564. The average molecular weight is 268 g/mol. The highest BCUT2D eigenvalue weighted by molar-refractivity contribution is 5.38. The highest BCUT2D eigenvalue weighted by atomic mass is 16.5. The van der Waals surface area contributed by atoms with Gasteiger partial charge in [0, 0.05) is 6.42 Å². The van der Waals surface area contributed by atoms with Crippen LogP contribution in [-0.2, 0) is 6.42 Å². The number of para-hydroxylation sites is 2. The first kappa shape index (κ1) is 13.0. The Hall–Kier alpha value is -1.96. The quantitative estimate of drug-likeness (QED) is 0.827. The van der Waals surface area contributed by atoms with Crippen LogP contribution < -0.4 is 9.47 Å². The number of hydrogen-bond acceptors (Lipinski definition) is 2. The van der Waals surface area contributed by atoms with Gasteiger partial charge in [-0.25, -0.2) is 0 Å². The Morgan fingerprint density at radius 3 is 2.65 bits per heavy atom. The van der Waals surface area contributed by atoms with Crippen LogP contribution in [0.25, 0.3) is 0 Å². The molecule has 0 radical (unpaired) electrons. The van der Waals surface area contributed by atoms with Crippen LogP contribution in [0.15, 0.2) is 48.5 Å². The Labute approximate surface area is 120 Å². The number of benzene rings is 2. The van der Waals surface area contributed by atoms with Gasteiger partial charge in [0.2, 0.25) is 0 Å². The molecule has 0 aromatic heterocycles. The van der Waals surface area contributed by atoms with Crippen LogP contribution in [0.1, 0.15) is 30.9 Å². The lowest BCUT2D eigenvalue weighted by atomic mass is 10.0. The van der Waals surface area contributed by atoms with Gasteiger partial charge in [0.05, 0.1) is 0 Å². The molecule has 1 atom stereocenters. The minimum Gasteiger partial charge on any atom is -0.489 e. The molecule has 2 nitrogen and oxygen atoms in total. The Kier molecular flexibility index (Phi) is 3.64. The summed E-state index contributed by atoms with van der Waals surface area (Å²) in [5.41, 5.74) is 2.53. The normalized spacial score (nSPS) is 16.9. The van der Waals surface area contributed by atoms with E-state index < -0.39 is 0 Å². The molecule has 0 bridgehead atoms. The van der Waals surface area contributed by atoms with Crippen molar-refractivity contribution < 1.29 is 9.47 Å². The zero-order valence-corrected chi connectivity index (χ0v) is 12.0. The van der Waals surface area contributed by atoms with E-state index in [9.17, 15) is 0 Å². The second-order valence-corrected chi connectivity index (χ2v) is 5.56. The molecule has 0 spiro atoms. The van der Waals surface area contributed by atoms with Gasteiger partial charge in [-0.15, -0.1) is 0 Å². The molecular weight excluding hydrogens is 248 g/mol. The van der Waals surface area contributed by atoms with Crippen LogP contribution in [0.3, 0.4) is 0 Å². The predicted molar refractivity (Wildman–Crippen MR) is 80.6 cm³/mol. The van der Waals surface area contributed by atoms with E-state index in [1.807, 2.05) is 24.3 Å². The molecule has 3 rings (SSSR count). The number of rotatable bonds is 4. The molecule has 20 heavy (non-hydrogen) atoms. The fourth-order valence-electron chi connectivity index (χ4n) is 2.62. The van der Waals surface area contributed by atoms with Crippen LogP contribution >= 0.6 is 0 Å². The molecule has 0 saturated carbocycles. The summed E-state index contributed by atoms with van der Waals surface area (Å²) in [6, 6.07) is 16.5. The van der Waals surface area contributed by atoms with E-state index in [0.717, 1.165) is 17.9 Å². The van der Waals surface area contributed by atoms with Crippen molar-refractivity contribution in [3.05, 3.63) is 59.7 Å². The van der Waals surface area contributed by atoms with Crippen molar-refractivity contribution in [2.45, 2.75) is 32.3 Å². The molecule has 2 heteroatoms. The maximum Gasteiger partial charge on any atom is 0.137 e. The molecule has 0 N–H and O–H groups in total. The van der Waals surface area contributed by atoms with Crippen molar-refractivity contribution in [3.63, 3.8) is 0 Å². The van der Waals surface area contributed by atoms with E-state index >= 15 is 0 Å². The molecule has 1 unspecified atom stereocenters. The van der Waals surface area contributed by atoms with Crippen LogP contribution in [0, 0.1) is 0 Å². The topological polar surface area (TPSA) is 18.5 Å². The van der Waals surface area contributed by atoms with Gasteiger partial charge in [-0.3, -0.25) is 0 Å². The summed E-state index contributed by atoms with van der Waals surface area (Å²) in [7, 11) is 0.